The number of ether oxygens (including phenoxy) is 2. The van der Waals surface area contributed by atoms with Gasteiger partial charge >= 0.3 is 0 Å². The van der Waals surface area contributed by atoms with Crippen molar-refractivity contribution in [2.45, 2.75) is 26.0 Å². The Morgan fingerprint density at radius 1 is 0.711 bits per heavy atom. The molecule has 0 aliphatic carbocycles. The second-order valence-corrected chi connectivity index (χ2v) is 12.3. The fraction of sp³-hybridized carbons (Fsp3) is 0.171. The molecule has 1 aliphatic heterocycles. The minimum Gasteiger partial charge on any atom is -0.492 e. The van der Waals surface area contributed by atoms with Gasteiger partial charge in [0.05, 0.1) is 42.2 Å². The number of carbonyl (C=O) groups excluding carboxylic acids is 3. The zero-order valence-corrected chi connectivity index (χ0v) is 25.5. The number of benzene rings is 5. The molecule has 228 valence electrons. The quantitative estimate of drug-likeness (QED) is 0.196. The van der Waals surface area contributed by atoms with Crippen LogP contribution >= 0.6 is 0 Å². The van der Waals surface area contributed by atoms with Gasteiger partial charge in [0.2, 0.25) is 15.9 Å². The molecule has 10 heteroatoms. The largest absolute Gasteiger partial charge is 0.492 e. The minimum absolute atomic E-state index is 0.0920. The first-order valence-corrected chi connectivity index (χ1v) is 16.2. The number of nitrogens with zero attached hydrogens (tertiary/aromatic N) is 1. The normalized spacial score (nSPS) is 12.9. The van der Waals surface area contributed by atoms with E-state index in [2.05, 4.69) is 4.72 Å². The lowest BCUT2D eigenvalue weighted by Gasteiger charge is -2.15. The molecule has 1 aliphatic rings. The molecule has 5 aromatic carbocycles. The van der Waals surface area contributed by atoms with Crippen LogP contribution in [0.3, 0.4) is 0 Å². The van der Waals surface area contributed by atoms with Crippen molar-refractivity contribution in [3.63, 3.8) is 0 Å². The van der Waals surface area contributed by atoms with Crippen LogP contribution in [0.25, 0.3) is 21.5 Å². The summed E-state index contributed by atoms with van der Waals surface area (Å²) in [5, 5.41) is 3.30. The third kappa shape index (κ3) is 5.72. The molecule has 0 aromatic heterocycles. The van der Waals surface area contributed by atoms with E-state index in [1.165, 1.54) is 24.3 Å². The maximum atomic E-state index is 13.8. The number of hydrogen-bond donors (Lipinski definition) is 1. The van der Waals surface area contributed by atoms with E-state index in [9.17, 15) is 22.8 Å². The fourth-order valence-electron chi connectivity index (χ4n) is 5.66. The van der Waals surface area contributed by atoms with Crippen LogP contribution in [0.1, 0.15) is 45.7 Å². The monoisotopic (exact) mass is 622 g/mol. The predicted molar refractivity (Wildman–Crippen MR) is 172 cm³/mol. The van der Waals surface area contributed by atoms with Crippen molar-refractivity contribution in [3.8, 4) is 11.5 Å². The number of fused-ring (bicyclic) bond motifs is 3. The average Bonchev–Trinajstić information content (AvgIpc) is 3.28. The van der Waals surface area contributed by atoms with Gasteiger partial charge in [-0.3, -0.25) is 19.1 Å². The number of sulfonamides is 1. The van der Waals surface area contributed by atoms with Crippen molar-refractivity contribution in [2.75, 3.05) is 18.1 Å². The maximum Gasteiger partial charge on any atom is 0.270 e. The van der Waals surface area contributed by atoms with E-state index in [0.29, 0.717) is 33.4 Å². The lowest BCUT2D eigenvalue weighted by molar-refractivity contribution is -0.118. The summed E-state index contributed by atoms with van der Waals surface area (Å²) in [7, 11) is -4.02. The summed E-state index contributed by atoms with van der Waals surface area (Å²) in [6, 6.07) is 26.6. The van der Waals surface area contributed by atoms with Crippen LogP contribution in [0.4, 0.5) is 5.69 Å². The molecule has 0 saturated carbocycles. The minimum atomic E-state index is -4.02. The second-order valence-electron chi connectivity index (χ2n) is 10.6. The summed E-state index contributed by atoms with van der Waals surface area (Å²) in [5.41, 5.74) is 1.59. The van der Waals surface area contributed by atoms with Crippen LogP contribution in [0, 0.1) is 0 Å². The van der Waals surface area contributed by atoms with Crippen LogP contribution in [-0.4, -0.2) is 39.4 Å². The molecule has 3 amide bonds. The van der Waals surface area contributed by atoms with Gasteiger partial charge in [-0.25, -0.2) is 13.3 Å². The number of rotatable bonds is 10. The Kier molecular flexibility index (Phi) is 7.99. The van der Waals surface area contributed by atoms with Crippen molar-refractivity contribution in [1.29, 1.82) is 0 Å². The summed E-state index contributed by atoms with van der Waals surface area (Å²) >= 11 is 0. The summed E-state index contributed by atoms with van der Waals surface area (Å²) in [6.07, 6.45) is -0.0920. The summed E-state index contributed by atoms with van der Waals surface area (Å²) < 4.78 is 39.6. The Morgan fingerprint density at radius 2 is 1.24 bits per heavy atom. The Bertz CT molecular complexity index is 2030. The van der Waals surface area contributed by atoms with Crippen LogP contribution < -0.4 is 19.1 Å². The SMILES string of the molecule is CCOc1c2c(c(OCC)c3ccccc13)C(=O)N(c1ccc(CS(=O)(=O)NC(=O)Cc3ccc4ccccc4c3)cc1)C2=O. The molecular weight excluding hydrogens is 592 g/mol. The summed E-state index contributed by atoms with van der Waals surface area (Å²) in [5.74, 6) is -1.61. The van der Waals surface area contributed by atoms with Crippen LogP contribution in [0.5, 0.6) is 11.5 Å². The van der Waals surface area contributed by atoms with Crippen LogP contribution in [-0.2, 0) is 27.0 Å². The molecule has 1 N–H and O–H groups in total. The van der Waals surface area contributed by atoms with Crippen molar-refractivity contribution in [2.24, 2.45) is 0 Å². The first-order chi connectivity index (χ1) is 21.7. The average molecular weight is 623 g/mol. The molecule has 6 rings (SSSR count). The highest BCUT2D eigenvalue weighted by Gasteiger charge is 2.43. The predicted octanol–water partition coefficient (Wildman–Crippen LogP) is 5.78. The second kappa shape index (κ2) is 12.0. The van der Waals surface area contributed by atoms with Gasteiger partial charge in [-0.05, 0) is 47.9 Å². The van der Waals surface area contributed by atoms with Gasteiger partial charge in [-0.2, -0.15) is 0 Å². The number of carbonyl (C=O) groups is 3. The van der Waals surface area contributed by atoms with E-state index in [-0.39, 0.29) is 36.4 Å². The van der Waals surface area contributed by atoms with Crippen molar-refractivity contribution >= 4 is 55.0 Å². The lowest BCUT2D eigenvalue weighted by Crippen LogP contribution is -2.32. The molecule has 0 unspecified atom stereocenters. The van der Waals surface area contributed by atoms with Gasteiger partial charge < -0.3 is 9.47 Å². The van der Waals surface area contributed by atoms with E-state index in [1.54, 1.807) is 19.9 Å². The molecule has 0 bridgehead atoms. The molecule has 1 heterocycles. The molecule has 0 radical (unpaired) electrons. The number of nitrogens with one attached hydrogen (secondary N) is 1. The highest BCUT2D eigenvalue weighted by molar-refractivity contribution is 7.89. The smallest absolute Gasteiger partial charge is 0.270 e. The number of imide groups is 1. The topological polar surface area (TPSA) is 119 Å². The number of amides is 3. The Labute approximate surface area is 260 Å². The van der Waals surface area contributed by atoms with Crippen LogP contribution in [0.2, 0.25) is 0 Å². The van der Waals surface area contributed by atoms with Gasteiger partial charge in [0.15, 0.2) is 0 Å². The van der Waals surface area contributed by atoms with Gasteiger partial charge in [0.1, 0.15) is 11.5 Å². The van der Waals surface area contributed by atoms with E-state index < -0.39 is 33.5 Å². The highest BCUT2D eigenvalue weighted by Crippen LogP contribution is 2.46. The summed E-state index contributed by atoms with van der Waals surface area (Å²) in [6.45, 7) is 4.17. The highest BCUT2D eigenvalue weighted by atomic mass is 32.2. The first-order valence-electron chi connectivity index (χ1n) is 14.5. The molecule has 9 nitrogen and oxygen atoms in total. The fourth-order valence-corrected chi connectivity index (χ4v) is 6.79. The molecule has 5 aromatic rings. The molecular formula is C35H30N2O7S. The molecule has 45 heavy (non-hydrogen) atoms. The van der Waals surface area contributed by atoms with E-state index in [4.69, 9.17) is 9.47 Å². The van der Waals surface area contributed by atoms with Crippen molar-refractivity contribution in [3.05, 3.63) is 113 Å². The Hall–Kier alpha value is -5.22. The zero-order chi connectivity index (χ0) is 31.7. The summed E-state index contributed by atoms with van der Waals surface area (Å²) in [4.78, 5) is 41.2. The van der Waals surface area contributed by atoms with Crippen molar-refractivity contribution < 1.29 is 32.3 Å². The van der Waals surface area contributed by atoms with Gasteiger partial charge in [-0.1, -0.05) is 78.9 Å². The van der Waals surface area contributed by atoms with Gasteiger partial charge in [0.25, 0.3) is 11.8 Å². The maximum absolute atomic E-state index is 13.8. The molecule has 0 saturated heterocycles. The van der Waals surface area contributed by atoms with E-state index >= 15 is 0 Å². The molecule has 0 fully saturated rings. The Balaban J connectivity index is 1.21. The number of hydrogen-bond acceptors (Lipinski definition) is 7. The third-order valence-electron chi connectivity index (χ3n) is 7.53. The van der Waals surface area contributed by atoms with E-state index in [1.807, 2.05) is 60.7 Å². The lowest BCUT2D eigenvalue weighted by atomic mass is 9.99. The van der Waals surface area contributed by atoms with Gasteiger partial charge in [0, 0.05) is 10.8 Å². The standard InChI is InChI=1S/C35H30N2O7S/c1-3-43-32-27-11-7-8-12-28(27)33(44-4-2)31-30(32)34(39)37(35(31)40)26-17-14-22(15-18-26)21-45(41,42)36-29(38)20-23-13-16-24-9-5-6-10-25(24)19-23/h5-19H,3-4,20-21H2,1-2H3,(H,36,38). The number of anilines is 1. The van der Waals surface area contributed by atoms with E-state index in [0.717, 1.165) is 15.7 Å². The van der Waals surface area contributed by atoms with Crippen LogP contribution in [0.15, 0.2) is 91.0 Å². The van der Waals surface area contributed by atoms with Crippen molar-refractivity contribution in [1.82, 2.24) is 4.72 Å². The zero-order valence-electron chi connectivity index (χ0n) is 24.7. The molecule has 0 spiro atoms. The Morgan fingerprint density at radius 3 is 1.82 bits per heavy atom. The van der Waals surface area contributed by atoms with Gasteiger partial charge in [-0.15, -0.1) is 0 Å². The third-order valence-corrected chi connectivity index (χ3v) is 8.78. The first kappa shape index (κ1) is 29.8. The molecule has 0 atom stereocenters.